The van der Waals surface area contributed by atoms with Crippen LogP contribution >= 0.6 is 0 Å². The third-order valence-electron chi connectivity index (χ3n) is 5.29. The molecule has 0 aliphatic carbocycles. The van der Waals surface area contributed by atoms with Crippen LogP contribution in [0.2, 0.25) is 0 Å². The van der Waals surface area contributed by atoms with Gasteiger partial charge in [0.15, 0.2) is 11.7 Å². The van der Waals surface area contributed by atoms with Gasteiger partial charge in [-0.1, -0.05) is 32.4 Å². The second kappa shape index (κ2) is 9.66. The van der Waals surface area contributed by atoms with Gasteiger partial charge in [-0.15, -0.1) is 4.40 Å². The molecular weight excluding hydrogens is 474 g/mol. The van der Waals surface area contributed by atoms with E-state index in [2.05, 4.69) is 14.4 Å². The number of para-hydroxylation sites is 2. The fourth-order valence-corrected chi connectivity index (χ4v) is 4.61. The van der Waals surface area contributed by atoms with Gasteiger partial charge in [0.25, 0.3) is 15.7 Å². The number of unbranched alkanes of at least 4 members (excludes halogenated alkanes) is 1. The number of nitro groups is 1. The number of nitro benzene ring substituents is 1. The second-order valence-electron chi connectivity index (χ2n) is 7.63. The molecule has 182 valence electrons. The first-order chi connectivity index (χ1) is 16.8. The molecular formula is C23H22N5O6S-. The number of rotatable bonds is 8. The maximum Gasteiger partial charge on any atom is 0.284 e. The number of benzene rings is 2. The van der Waals surface area contributed by atoms with E-state index in [4.69, 9.17) is 4.74 Å². The average Bonchev–Trinajstić information content (AvgIpc) is 3.12. The van der Waals surface area contributed by atoms with Crippen molar-refractivity contribution in [2.45, 2.75) is 31.6 Å². The van der Waals surface area contributed by atoms with Crippen molar-refractivity contribution >= 4 is 44.0 Å². The van der Waals surface area contributed by atoms with Crippen LogP contribution in [-0.2, 0) is 14.8 Å². The van der Waals surface area contributed by atoms with Crippen LogP contribution in [0.15, 0.2) is 63.8 Å². The number of nitrogens with zero attached hydrogens (tertiary/aromatic N) is 5. The molecule has 1 aromatic heterocycles. The summed E-state index contributed by atoms with van der Waals surface area (Å²) in [6, 6.07) is 11.5. The summed E-state index contributed by atoms with van der Waals surface area (Å²) < 4.78 is 35.6. The number of aromatic nitrogens is 2. The van der Waals surface area contributed by atoms with Crippen LogP contribution < -0.4 is 10.0 Å². The van der Waals surface area contributed by atoms with E-state index in [0.29, 0.717) is 29.8 Å². The predicted molar refractivity (Wildman–Crippen MR) is 128 cm³/mol. The Morgan fingerprint density at radius 2 is 1.74 bits per heavy atom. The molecule has 12 heteroatoms. The minimum absolute atomic E-state index is 0.0655. The summed E-state index contributed by atoms with van der Waals surface area (Å²) >= 11 is 0. The maximum absolute atomic E-state index is 13.2. The van der Waals surface area contributed by atoms with E-state index < -0.39 is 20.9 Å². The molecule has 1 aliphatic rings. The smallest absolute Gasteiger partial charge is 0.284 e. The molecule has 2 heterocycles. The van der Waals surface area contributed by atoms with Crippen LogP contribution in [0.5, 0.6) is 0 Å². The Morgan fingerprint density at radius 3 is 2.34 bits per heavy atom. The van der Waals surface area contributed by atoms with Crippen molar-refractivity contribution < 1.29 is 23.2 Å². The van der Waals surface area contributed by atoms with Crippen molar-refractivity contribution in [1.82, 2.24) is 9.97 Å². The van der Waals surface area contributed by atoms with Crippen molar-refractivity contribution in [3.05, 3.63) is 70.3 Å². The van der Waals surface area contributed by atoms with Crippen molar-refractivity contribution in [1.29, 1.82) is 0 Å². The third kappa shape index (κ3) is 4.64. The van der Waals surface area contributed by atoms with E-state index in [1.165, 1.54) is 0 Å². The van der Waals surface area contributed by atoms with Gasteiger partial charge in [-0.05, 0) is 37.3 Å². The molecule has 0 N–H and O–H groups in total. The van der Waals surface area contributed by atoms with Gasteiger partial charge < -0.3 is 14.7 Å². The Morgan fingerprint density at radius 1 is 1.09 bits per heavy atom. The Labute approximate surface area is 201 Å². The lowest BCUT2D eigenvalue weighted by molar-refractivity contribution is -0.384. The highest BCUT2D eigenvalue weighted by molar-refractivity contribution is 7.90. The molecule has 11 nitrogen and oxygen atoms in total. The van der Waals surface area contributed by atoms with Gasteiger partial charge in [-0.3, -0.25) is 10.1 Å². The second-order valence-corrected chi connectivity index (χ2v) is 9.23. The summed E-state index contributed by atoms with van der Waals surface area (Å²) in [6.07, 6.45) is 1.46. The number of non-ortho nitro benzene ring substituents is 1. The average molecular weight is 497 g/mol. The first-order valence-corrected chi connectivity index (χ1v) is 12.4. The van der Waals surface area contributed by atoms with E-state index in [1.54, 1.807) is 36.1 Å². The number of hydrogen-bond donors (Lipinski definition) is 0. The number of ether oxygens (including phenoxy) is 1. The standard InChI is InChI=1S/C23H23N5O6S/c1-3-5-14-27-21(26-35(32,33)16-12-10-15(11-13-16)28(30)31)19(23(29)34-4-2)20-22(27)25-18-9-7-6-8-17(18)24-20/h6-13,29H,3-5,14H2,1-2H3/p-1. The molecule has 4 rings (SSSR count). The third-order valence-corrected chi connectivity index (χ3v) is 6.57. The molecule has 0 bridgehead atoms. The van der Waals surface area contributed by atoms with Gasteiger partial charge >= 0.3 is 0 Å². The largest absolute Gasteiger partial charge is 0.613 e. The van der Waals surface area contributed by atoms with Gasteiger partial charge in [0.2, 0.25) is 0 Å². The lowest BCUT2D eigenvalue weighted by Crippen LogP contribution is -2.30. The summed E-state index contributed by atoms with van der Waals surface area (Å²) in [5.74, 6) is -0.589. The number of hydrogen-bond acceptors (Lipinski definition) is 8. The summed E-state index contributed by atoms with van der Waals surface area (Å²) in [5.41, 5.74) is 0.948. The molecule has 0 saturated heterocycles. The number of fused-ring (bicyclic) bond motifs is 2. The molecule has 0 unspecified atom stereocenters. The van der Waals surface area contributed by atoms with Gasteiger partial charge in [-0.2, -0.15) is 8.42 Å². The normalized spacial score (nSPS) is 15.9. The lowest BCUT2D eigenvalue weighted by atomic mass is 10.2. The van der Waals surface area contributed by atoms with E-state index >= 15 is 0 Å². The van der Waals surface area contributed by atoms with Crippen LogP contribution in [-0.4, -0.2) is 42.3 Å². The Kier molecular flexibility index (Phi) is 6.65. The van der Waals surface area contributed by atoms with E-state index in [1.807, 2.05) is 6.92 Å². The van der Waals surface area contributed by atoms with Crippen molar-refractivity contribution in [3.8, 4) is 0 Å². The number of sulfonamides is 1. The molecule has 0 saturated carbocycles. The highest BCUT2D eigenvalue weighted by atomic mass is 32.2. The molecule has 3 aromatic rings. The van der Waals surface area contributed by atoms with Crippen molar-refractivity contribution in [3.63, 3.8) is 0 Å². The van der Waals surface area contributed by atoms with Gasteiger partial charge in [0, 0.05) is 18.7 Å². The fraction of sp³-hybridized carbons (Fsp3) is 0.261. The minimum atomic E-state index is -4.35. The van der Waals surface area contributed by atoms with Crippen LogP contribution in [0.1, 0.15) is 32.4 Å². The van der Waals surface area contributed by atoms with Gasteiger partial charge in [-0.25, -0.2) is 9.97 Å². The number of anilines is 1. The molecule has 1 aliphatic heterocycles. The summed E-state index contributed by atoms with van der Waals surface area (Å²) in [5, 5.41) is 24.0. The van der Waals surface area contributed by atoms with Crippen LogP contribution in [0, 0.1) is 10.1 Å². The first kappa shape index (κ1) is 24.1. The highest BCUT2D eigenvalue weighted by Crippen LogP contribution is 2.38. The Balaban J connectivity index is 1.93. The van der Waals surface area contributed by atoms with E-state index in [-0.39, 0.29) is 34.3 Å². The topological polar surface area (TPSA) is 151 Å². The lowest BCUT2D eigenvalue weighted by Gasteiger charge is -2.20. The molecule has 0 radical (unpaired) electrons. The molecule has 0 atom stereocenters. The van der Waals surface area contributed by atoms with Crippen molar-refractivity contribution in [2.24, 2.45) is 4.40 Å². The van der Waals surface area contributed by atoms with Gasteiger partial charge in [0.05, 0.1) is 32.4 Å². The zero-order valence-electron chi connectivity index (χ0n) is 19.0. The summed E-state index contributed by atoms with van der Waals surface area (Å²) in [4.78, 5) is 20.9. The zero-order chi connectivity index (χ0) is 25.2. The van der Waals surface area contributed by atoms with Crippen LogP contribution in [0.25, 0.3) is 16.6 Å². The molecule has 0 amide bonds. The highest BCUT2D eigenvalue weighted by Gasteiger charge is 2.36. The summed E-state index contributed by atoms with van der Waals surface area (Å²) in [7, 11) is -4.35. The van der Waals surface area contributed by atoms with Crippen molar-refractivity contribution in [2.75, 3.05) is 18.1 Å². The SMILES string of the molecule is CCCCN1C(=NS(=O)(=O)c2ccc([N+](=O)[O-])cc2)C(=C([O-])OCC)c2nc3ccccc3nc21. The quantitative estimate of drug-likeness (QED) is 0.260. The van der Waals surface area contributed by atoms with Gasteiger partial charge in [0.1, 0.15) is 5.69 Å². The minimum Gasteiger partial charge on any atom is -0.613 e. The Bertz CT molecular complexity index is 1450. The molecule has 0 spiro atoms. The van der Waals surface area contributed by atoms with Crippen LogP contribution in [0.3, 0.4) is 0 Å². The zero-order valence-corrected chi connectivity index (χ0v) is 19.9. The molecule has 35 heavy (non-hydrogen) atoms. The first-order valence-electron chi connectivity index (χ1n) is 11.0. The van der Waals surface area contributed by atoms with E-state index in [0.717, 1.165) is 30.7 Å². The monoisotopic (exact) mass is 496 g/mol. The predicted octanol–water partition coefficient (Wildman–Crippen LogP) is 3.01. The number of amidine groups is 1. The van der Waals surface area contributed by atoms with E-state index in [9.17, 15) is 23.6 Å². The summed E-state index contributed by atoms with van der Waals surface area (Å²) in [6.45, 7) is 4.02. The maximum atomic E-state index is 13.2. The molecule has 0 fully saturated rings. The van der Waals surface area contributed by atoms with Crippen LogP contribution in [0.4, 0.5) is 11.5 Å². The fourth-order valence-electron chi connectivity index (χ4n) is 3.61. The molecule has 2 aromatic carbocycles. The Hall–Kier alpha value is -4.06.